The number of hydrogen-bond donors (Lipinski definition) is 2. The molecule has 2 rings (SSSR count). The molecule has 0 saturated carbocycles. The lowest BCUT2D eigenvalue weighted by molar-refractivity contribution is 0.323. The van der Waals surface area contributed by atoms with Gasteiger partial charge in [0.1, 0.15) is 12.4 Å². The van der Waals surface area contributed by atoms with Crippen molar-refractivity contribution in [1.82, 2.24) is 4.72 Å². The number of nitrogens with one attached hydrogen (secondary N) is 1. The Kier molecular flexibility index (Phi) is 4.60. The highest BCUT2D eigenvalue weighted by molar-refractivity contribution is 7.89. The molecule has 0 radical (unpaired) electrons. The Balaban J connectivity index is 1.87. The van der Waals surface area contributed by atoms with Crippen LogP contribution in [-0.4, -0.2) is 21.6 Å². The summed E-state index contributed by atoms with van der Waals surface area (Å²) < 4.78 is 31.8. The summed E-state index contributed by atoms with van der Waals surface area (Å²) in [5.74, 6) is 0.704. The van der Waals surface area contributed by atoms with Crippen molar-refractivity contribution in [3.8, 4) is 5.75 Å². The lowest BCUT2D eigenvalue weighted by Gasteiger charge is -2.08. The van der Waals surface area contributed by atoms with E-state index >= 15 is 0 Å². The summed E-state index contributed by atoms with van der Waals surface area (Å²) in [7, 11) is -3.55. The van der Waals surface area contributed by atoms with Crippen LogP contribution in [0.5, 0.6) is 5.75 Å². The smallest absolute Gasteiger partial charge is 0.240 e. The Morgan fingerprint density at radius 2 is 1.80 bits per heavy atom. The van der Waals surface area contributed by atoms with Crippen LogP contribution in [0, 0.1) is 0 Å². The number of nitrogen functional groups attached to an aromatic ring is 1. The summed E-state index contributed by atoms with van der Waals surface area (Å²) in [5.41, 5.74) is 5.98. The number of rotatable bonds is 6. The molecular formula is C14H16N2O3S. The topological polar surface area (TPSA) is 81.4 Å². The van der Waals surface area contributed by atoms with Crippen LogP contribution in [0.3, 0.4) is 0 Å². The SMILES string of the molecule is Nc1cccc(S(=O)(=O)NCCOc2ccccc2)c1. The Morgan fingerprint density at radius 1 is 1.05 bits per heavy atom. The summed E-state index contributed by atoms with van der Waals surface area (Å²) in [6.07, 6.45) is 0. The minimum absolute atomic E-state index is 0.150. The molecule has 0 saturated heterocycles. The molecule has 0 aliphatic heterocycles. The Bertz CT molecular complexity index is 657. The fourth-order valence-corrected chi connectivity index (χ4v) is 2.69. The maximum absolute atomic E-state index is 12.0. The average Bonchev–Trinajstić information content (AvgIpc) is 2.45. The van der Waals surface area contributed by atoms with Gasteiger partial charge in [0, 0.05) is 12.2 Å². The fourth-order valence-electron chi connectivity index (χ4n) is 1.63. The molecule has 0 atom stereocenters. The van der Waals surface area contributed by atoms with Gasteiger partial charge in [0.05, 0.1) is 4.90 Å². The predicted octanol–water partition coefficient (Wildman–Crippen LogP) is 1.63. The first-order chi connectivity index (χ1) is 9.58. The molecule has 0 aliphatic rings. The van der Waals surface area contributed by atoms with Gasteiger partial charge in [-0.2, -0.15) is 0 Å². The molecule has 0 heterocycles. The number of anilines is 1. The molecule has 3 N–H and O–H groups in total. The van der Waals surface area contributed by atoms with Crippen molar-refractivity contribution in [2.24, 2.45) is 0 Å². The Hall–Kier alpha value is -2.05. The zero-order valence-electron chi connectivity index (χ0n) is 10.8. The number of ether oxygens (including phenoxy) is 1. The standard InChI is InChI=1S/C14H16N2O3S/c15-12-5-4-8-14(11-12)20(17,18)16-9-10-19-13-6-2-1-3-7-13/h1-8,11,16H,9-10,15H2. The van der Waals surface area contributed by atoms with Crippen molar-refractivity contribution in [2.75, 3.05) is 18.9 Å². The maximum atomic E-state index is 12.0. The van der Waals surface area contributed by atoms with Crippen molar-refractivity contribution in [3.05, 3.63) is 54.6 Å². The summed E-state index contributed by atoms with van der Waals surface area (Å²) in [6.45, 7) is 0.442. The summed E-state index contributed by atoms with van der Waals surface area (Å²) in [6, 6.07) is 15.4. The lowest BCUT2D eigenvalue weighted by atomic mass is 10.3. The molecule has 6 heteroatoms. The molecule has 0 amide bonds. The van der Waals surface area contributed by atoms with Gasteiger partial charge in [-0.3, -0.25) is 0 Å². The van der Waals surface area contributed by atoms with Gasteiger partial charge in [0.2, 0.25) is 10.0 Å². The van der Waals surface area contributed by atoms with Gasteiger partial charge < -0.3 is 10.5 Å². The number of benzene rings is 2. The van der Waals surface area contributed by atoms with Crippen LogP contribution in [0.15, 0.2) is 59.5 Å². The van der Waals surface area contributed by atoms with Crippen molar-refractivity contribution >= 4 is 15.7 Å². The molecule has 0 fully saturated rings. The molecule has 2 aromatic rings. The van der Waals surface area contributed by atoms with E-state index in [1.807, 2.05) is 30.3 Å². The van der Waals surface area contributed by atoms with Gasteiger partial charge in [-0.15, -0.1) is 0 Å². The highest BCUT2D eigenvalue weighted by Gasteiger charge is 2.13. The zero-order valence-corrected chi connectivity index (χ0v) is 11.6. The van der Waals surface area contributed by atoms with Gasteiger partial charge >= 0.3 is 0 Å². The third kappa shape index (κ3) is 3.97. The van der Waals surface area contributed by atoms with E-state index in [1.165, 1.54) is 12.1 Å². The monoisotopic (exact) mass is 292 g/mol. The molecule has 0 aliphatic carbocycles. The third-order valence-corrected chi connectivity index (χ3v) is 4.03. The quantitative estimate of drug-likeness (QED) is 0.626. The molecule has 106 valence electrons. The largest absolute Gasteiger partial charge is 0.492 e. The Labute approximate surface area is 118 Å². The van der Waals surface area contributed by atoms with E-state index in [2.05, 4.69) is 4.72 Å². The lowest BCUT2D eigenvalue weighted by Crippen LogP contribution is -2.28. The molecule has 0 bridgehead atoms. The summed E-state index contributed by atoms with van der Waals surface area (Å²) in [5, 5.41) is 0. The first kappa shape index (κ1) is 14.4. The summed E-state index contributed by atoms with van der Waals surface area (Å²) in [4.78, 5) is 0.150. The van der Waals surface area contributed by atoms with E-state index in [0.717, 1.165) is 0 Å². The molecule has 5 nitrogen and oxygen atoms in total. The van der Waals surface area contributed by atoms with Crippen molar-refractivity contribution in [3.63, 3.8) is 0 Å². The first-order valence-electron chi connectivity index (χ1n) is 6.11. The number of sulfonamides is 1. The molecule has 0 unspecified atom stereocenters. The second kappa shape index (κ2) is 6.40. The fraction of sp³-hybridized carbons (Fsp3) is 0.143. The van der Waals surface area contributed by atoms with Crippen LogP contribution in [0.25, 0.3) is 0 Å². The number of nitrogens with two attached hydrogens (primary N) is 1. The molecule has 0 spiro atoms. The maximum Gasteiger partial charge on any atom is 0.240 e. The third-order valence-electron chi connectivity index (χ3n) is 2.57. The van der Waals surface area contributed by atoms with E-state index < -0.39 is 10.0 Å². The molecule has 2 aromatic carbocycles. The van der Waals surface area contributed by atoms with Gasteiger partial charge in [0.25, 0.3) is 0 Å². The number of para-hydroxylation sites is 1. The Morgan fingerprint density at radius 3 is 2.50 bits per heavy atom. The highest BCUT2D eigenvalue weighted by Crippen LogP contribution is 2.12. The van der Waals surface area contributed by atoms with Crippen LogP contribution < -0.4 is 15.2 Å². The van der Waals surface area contributed by atoms with E-state index in [-0.39, 0.29) is 18.0 Å². The second-order valence-corrected chi connectivity index (χ2v) is 5.90. The van der Waals surface area contributed by atoms with E-state index in [9.17, 15) is 8.42 Å². The van der Waals surface area contributed by atoms with Crippen LogP contribution in [0.4, 0.5) is 5.69 Å². The van der Waals surface area contributed by atoms with E-state index in [4.69, 9.17) is 10.5 Å². The van der Waals surface area contributed by atoms with Gasteiger partial charge in [-0.25, -0.2) is 13.1 Å². The number of hydrogen-bond acceptors (Lipinski definition) is 4. The van der Waals surface area contributed by atoms with Crippen LogP contribution in [0.1, 0.15) is 0 Å². The first-order valence-corrected chi connectivity index (χ1v) is 7.59. The predicted molar refractivity (Wildman–Crippen MR) is 78.0 cm³/mol. The normalized spacial score (nSPS) is 11.2. The van der Waals surface area contributed by atoms with Crippen LogP contribution in [0.2, 0.25) is 0 Å². The molecule has 0 aromatic heterocycles. The molecule has 20 heavy (non-hydrogen) atoms. The van der Waals surface area contributed by atoms with Gasteiger partial charge in [0.15, 0.2) is 0 Å². The second-order valence-electron chi connectivity index (χ2n) is 4.13. The van der Waals surface area contributed by atoms with Crippen molar-refractivity contribution < 1.29 is 13.2 Å². The highest BCUT2D eigenvalue weighted by atomic mass is 32.2. The van der Waals surface area contributed by atoms with Crippen LogP contribution in [-0.2, 0) is 10.0 Å². The van der Waals surface area contributed by atoms with Gasteiger partial charge in [-0.05, 0) is 30.3 Å². The van der Waals surface area contributed by atoms with Gasteiger partial charge in [-0.1, -0.05) is 24.3 Å². The minimum Gasteiger partial charge on any atom is -0.492 e. The van der Waals surface area contributed by atoms with Crippen molar-refractivity contribution in [2.45, 2.75) is 4.90 Å². The minimum atomic E-state index is -3.55. The van der Waals surface area contributed by atoms with Crippen LogP contribution >= 0.6 is 0 Å². The zero-order chi connectivity index (χ0) is 14.4. The van der Waals surface area contributed by atoms with Crippen molar-refractivity contribution in [1.29, 1.82) is 0 Å². The van der Waals surface area contributed by atoms with E-state index in [0.29, 0.717) is 11.4 Å². The summed E-state index contributed by atoms with van der Waals surface area (Å²) >= 11 is 0. The molecular weight excluding hydrogens is 276 g/mol. The van der Waals surface area contributed by atoms with E-state index in [1.54, 1.807) is 12.1 Å². The average molecular weight is 292 g/mol.